The fourth-order valence-corrected chi connectivity index (χ4v) is 2.03. The van der Waals surface area contributed by atoms with Crippen LogP contribution in [-0.4, -0.2) is 30.0 Å². The van der Waals surface area contributed by atoms with Gasteiger partial charge in [-0.25, -0.2) is 0 Å². The van der Waals surface area contributed by atoms with Crippen molar-refractivity contribution in [3.63, 3.8) is 0 Å². The molecule has 1 unspecified atom stereocenters. The van der Waals surface area contributed by atoms with Crippen LogP contribution >= 0.6 is 0 Å². The molecule has 1 heterocycles. The van der Waals surface area contributed by atoms with Crippen molar-refractivity contribution in [2.45, 2.75) is 19.4 Å². The van der Waals surface area contributed by atoms with Gasteiger partial charge in [-0.3, -0.25) is 0 Å². The maximum absolute atomic E-state index is 9.33. The lowest BCUT2D eigenvalue weighted by Crippen LogP contribution is -2.17. The smallest absolute Gasteiger partial charge is 0.157 e. The molecule has 0 radical (unpaired) electrons. The monoisotopic (exact) mass is 237 g/mol. The number of hydrogen-bond acceptors (Lipinski definition) is 4. The summed E-state index contributed by atoms with van der Waals surface area (Å²) in [5.41, 5.74) is 0.975. The molecule has 94 valence electrons. The van der Waals surface area contributed by atoms with Gasteiger partial charge in [-0.05, 0) is 43.0 Å². The number of rotatable bonds is 5. The number of benzene rings is 1. The Bertz CT molecular complexity index is 362. The van der Waals surface area contributed by atoms with E-state index in [0.717, 1.165) is 31.7 Å². The molecule has 17 heavy (non-hydrogen) atoms. The Labute approximate surface area is 101 Å². The van der Waals surface area contributed by atoms with E-state index in [1.54, 1.807) is 12.1 Å². The van der Waals surface area contributed by atoms with Crippen molar-refractivity contribution in [2.24, 2.45) is 5.92 Å². The number of phenols is 2. The van der Waals surface area contributed by atoms with Gasteiger partial charge in [-0.1, -0.05) is 6.07 Å². The van der Waals surface area contributed by atoms with Crippen molar-refractivity contribution >= 4 is 0 Å². The summed E-state index contributed by atoms with van der Waals surface area (Å²) < 4.78 is 5.31. The Morgan fingerprint density at radius 1 is 1.29 bits per heavy atom. The summed E-state index contributed by atoms with van der Waals surface area (Å²) in [6.07, 6.45) is 2.30. The van der Waals surface area contributed by atoms with Gasteiger partial charge >= 0.3 is 0 Å². The van der Waals surface area contributed by atoms with Gasteiger partial charge in [0.25, 0.3) is 0 Å². The molecule has 1 fully saturated rings. The number of phenolic OH excluding ortho intramolecular Hbond substituents is 2. The number of nitrogens with one attached hydrogen (secondary N) is 1. The maximum Gasteiger partial charge on any atom is 0.157 e. The summed E-state index contributed by atoms with van der Waals surface area (Å²) in [5.74, 6) is 0.557. The summed E-state index contributed by atoms with van der Waals surface area (Å²) in [4.78, 5) is 0. The molecular weight excluding hydrogens is 218 g/mol. The van der Waals surface area contributed by atoms with Crippen molar-refractivity contribution in [1.82, 2.24) is 5.32 Å². The van der Waals surface area contributed by atoms with Crippen LogP contribution in [0.5, 0.6) is 11.5 Å². The highest BCUT2D eigenvalue weighted by atomic mass is 16.5. The van der Waals surface area contributed by atoms with Crippen molar-refractivity contribution in [2.75, 3.05) is 19.8 Å². The second-order valence-corrected chi connectivity index (χ2v) is 4.52. The fourth-order valence-electron chi connectivity index (χ4n) is 2.03. The lowest BCUT2D eigenvalue weighted by atomic mass is 10.1. The highest BCUT2D eigenvalue weighted by molar-refractivity contribution is 5.40. The van der Waals surface area contributed by atoms with E-state index in [1.165, 1.54) is 12.5 Å². The standard InChI is InChI=1S/C13H19NO3/c15-12-2-1-11(7-13(12)16)8-14-5-3-10-4-6-17-9-10/h1-2,7,10,14-16H,3-6,8-9H2. The average molecular weight is 237 g/mol. The number of hydrogen-bond donors (Lipinski definition) is 3. The van der Waals surface area contributed by atoms with E-state index in [2.05, 4.69) is 5.32 Å². The van der Waals surface area contributed by atoms with Crippen molar-refractivity contribution in [1.29, 1.82) is 0 Å². The van der Waals surface area contributed by atoms with E-state index >= 15 is 0 Å². The Morgan fingerprint density at radius 3 is 2.88 bits per heavy atom. The zero-order valence-electron chi connectivity index (χ0n) is 9.85. The molecule has 1 saturated heterocycles. The third-order valence-electron chi connectivity index (χ3n) is 3.12. The quantitative estimate of drug-likeness (QED) is 0.538. The molecule has 4 nitrogen and oxygen atoms in total. The highest BCUT2D eigenvalue weighted by Crippen LogP contribution is 2.24. The molecule has 1 aliphatic heterocycles. The maximum atomic E-state index is 9.33. The van der Waals surface area contributed by atoms with Crippen LogP contribution in [0.2, 0.25) is 0 Å². The molecular formula is C13H19NO3. The molecule has 3 N–H and O–H groups in total. The van der Waals surface area contributed by atoms with Gasteiger partial charge < -0.3 is 20.3 Å². The van der Waals surface area contributed by atoms with Crippen LogP contribution in [0.3, 0.4) is 0 Å². The topological polar surface area (TPSA) is 61.7 Å². The molecule has 0 aliphatic carbocycles. The lowest BCUT2D eigenvalue weighted by molar-refractivity contribution is 0.184. The number of aromatic hydroxyl groups is 2. The SMILES string of the molecule is Oc1ccc(CNCCC2CCOC2)cc1O. The van der Waals surface area contributed by atoms with E-state index in [9.17, 15) is 10.2 Å². The largest absolute Gasteiger partial charge is 0.504 e. The molecule has 4 heteroatoms. The number of ether oxygens (including phenoxy) is 1. The molecule has 2 rings (SSSR count). The van der Waals surface area contributed by atoms with Gasteiger partial charge in [0, 0.05) is 19.8 Å². The van der Waals surface area contributed by atoms with Crippen LogP contribution < -0.4 is 5.32 Å². The predicted molar refractivity (Wildman–Crippen MR) is 65.0 cm³/mol. The third-order valence-corrected chi connectivity index (χ3v) is 3.12. The van der Waals surface area contributed by atoms with Gasteiger partial charge in [-0.15, -0.1) is 0 Å². The zero-order valence-corrected chi connectivity index (χ0v) is 9.85. The third kappa shape index (κ3) is 3.61. The van der Waals surface area contributed by atoms with E-state index in [0.29, 0.717) is 12.5 Å². The van der Waals surface area contributed by atoms with Gasteiger partial charge in [0.15, 0.2) is 11.5 Å². The normalized spacial score (nSPS) is 19.6. The first-order valence-corrected chi connectivity index (χ1v) is 6.05. The van der Waals surface area contributed by atoms with Crippen molar-refractivity contribution < 1.29 is 14.9 Å². The summed E-state index contributed by atoms with van der Waals surface area (Å²) in [7, 11) is 0. The van der Waals surface area contributed by atoms with Crippen LogP contribution in [0, 0.1) is 5.92 Å². The fraction of sp³-hybridized carbons (Fsp3) is 0.538. The Kier molecular flexibility index (Phi) is 4.23. The summed E-state index contributed by atoms with van der Waals surface area (Å²) >= 11 is 0. The lowest BCUT2D eigenvalue weighted by Gasteiger charge is -2.09. The molecule has 0 saturated carbocycles. The van der Waals surface area contributed by atoms with Crippen LogP contribution in [0.15, 0.2) is 18.2 Å². The van der Waals surface area contributed by atoms with Crippen molar-refractivity contribution in [3.8, 4) is 11.5 Å². The first-order chi connectivity index (χ1) is 8.25. The van der Waals surface area contributed by atoms with E-state index < -0.39 is 0 Å². The molecule has 1 aromatic rings. The van der Waals surface area contributed by atoms with E-state index in [1.807, 2.05) is 0 Å². The second kappa shape index (κ2) is 5.89. The highest BCUT2D eigenvalue weighted by Gasteiger charge is 2.14. The molecule has 0 bridgehead atoms. The first-order valence-electron chi connectivity index (χ1n) is 6.05. The average Bonchev–Trinajstić information content (AvgIpc) is 2.82. The Balaban J connectivity index is 1.68. The molecule has 0 amide bonds. The van der Waals surface area contributed by atoms with Crippen molar-refractivity contribution in [3.05, 3.63) is 23.8 Å². The van der Waals surface area contributed by atoms with Gasteiger partial charge in [0.1, 0.15) is 0 Å². The van der Waals surface area contributed by atoms with Gasteiger partial charge in [-0.2, -0.15) is 0 Å². The predicted octanol–water partition coefficient (Wildman–Crippen LogP) is 1.61. The summed E-state index contributed by atoms with van der Waals surface area (Å²) in [5, 5.41) is 21.8. The molecule has 1 aromatic carbocycles. The molecule has 0 spiro atoms. The van der Waals surface area contributed by atoms with Gasteiger partial charge in [0.05, 0.1) is 0 Å². The molecule has 1 aliphatic rings. The van der Waals surface area contributed by atoms with Crippen LogP contribution in [-0.2, 0) is 11.3 Å². The van der Waals surface area contributed by atoms with E-state index in [4.69, 9.17) is 4.74 Å². The van der Waals surface area contributed by atoms with Gasteiger partial charge in [0.2, 0.25) is 0 Å². The minimum atomic E-state index is -0.0724. The minimum absolute atomic E-state index is 0.0616. The van der Waals surface area contributed by atoms with Crippen LogP contribution in [0.1, 0.15) is 18.4 Å². The molecule has 1 atom stereocenters. The Morgan fingerprint density at radius 2 is 2.18 bits per heavy atom. The summed E-state index contributed by atoms with van der Waals surface area (Å²) in [6, 6.07) is 4.90. The van der Waals surface area contributed by atoms with E-state index in [-0.39, 0.29) is 11.5 Å². The second-order valence-electron chi connectivity index (χ2n) is 4.52. The minimum Gasteiger partial charge on any atom is -0.504 e. The zero-order chi connectivity index (χ0) is 12.1. The van der Waals surface area contributed by atoms with Crippen LogP contribution in [0.4, 0.5) is 0 Å². The Hall–Kier alpha value is -1.26. The summed E-state index contributed by atoms with van der Waals surface area (Å²) in [6.45, 7) is 3.45. The van der Waals surface area contributed by atoms with Crippen LogP contribution in [0.25, 0.3) is 0 Å². The molecule has 0 aromatic heterocycles. The first kappa shape index (κ1) is 12.2.